The van der Waals surface area contributed by atoms with Crippen molar-refractivity contribution in [3.05, 3.63) is 29.8 Å². The van der Waals surface area contributed by atoms with Gasteiger partial charge in [-0.05, 0) is 50.0 Å². The van der Waals surface area contributed by atoms with Crippen molar-refractivity contribution in [3.8, 4) is 0 Å². The molecule has 22 heavy (non-hydrogen) atoms. The maximum absolute atomic E-state index is 12.3. The number of hydrogen-bond donors (Lipinski definition) is 2. The van der Waals surface area contributed by atoms with Gasteiger partial charge in [-0.15, -0.1) is 0 Å². The molecule has 1 heterocycles. The molecule has 1 aromatic carbocycles. The third-order valence-corrected chi connectivity index (χ3v) is 5.49. The van der Waals surface area contributed by atoms with Crippen molar-refractivity contribution in [2.24, 2.45) is 0 Å². The Bertz CT molecular complexity index is 617. The summed E-state index contributed by atoms with van der Waals surface area (Å²) in [7, 11) is -3.19. The maximum Gasteiger partial charge on any atom is 0.224 e. The van der Waals surface area contributed by atoms with Gasteiger partial charge in [0, 0.05) is 11.8 Å². The number of carbonyl (C=O) groups is 1. The van der Waals surface area contributed by atoms with Crippen LogP contribution < -0.4 is 10.6 Å². The normalized spacial score (nSPS) is 17.9. The average Bonchev–Trinajstić information content (AvgIpc) is 2.47. The fourth-order valence-electron chi connectivity index (χ4n) is 2.85. The Kier molecular flexibility index (Phi) is 5.24. The SMILES string of the molecule is CCC1(NC(=O)Cc2ccc(S(C)(=O)=O)cc2)CCNCC1. The van der Waals surface area contributed by atoms with Gasteiger partial charge in [0.15, 0.2) is 9.84 Å². The Morgan fingerprint density at radius 1 is 1.23 bits per heavy atom. The van der Waals surface area contributed by atoms with Crippen molar-refractivity contribution < 1.29 is 13.2 Å². The van der Waals surface area contributed by atoms with E-state index in [9.17, 15) is 13.2 Å². The average molecular weight is 324 g/mol. The zero-order valence-corrected chi connectivity index (χ0v) is 14.0. The molecule has 0 aromatic heterocycles. The lowest BCUT2D eigenvalue weighted by Gasteiger charge is -2.37. The highest BCUT2D eigenvalue weighted by Crippen LogP contribution is 2.22. The number of nitrogens with one attached hydrogen (secondary N) is 2. The first-order valence-corrected chi connectivity index (χ1v) is 9.54. The third-order valence-electron chi connectivity index (χ3n) is 4.36. The Balaban J connectivity index is 1.99. The lowest BCUT2D eigenvalue weighted by molar-refractivity contribution is -0.122. The molecule has 2 rings (SSSR count). The molecule has 122 valence electrons. The van der Waals surface area contributed by atoms with Gasteiger partial charge in [0.1, 0.15) is 0 Å². The summed E-state index contributed by atoms with van der Waals surface area (Å²) in [6, 6.07) is 6.52. The fraction of sp³-hybridized carbons (Fsp3) is 0.562. The number of piperidine rings is 1. The van der Waals surface area contributed by atoms with Gasteiger partial charge in [0.2, 0.25) is 5.91 Å². The van der Waals surface area contributed by atoms with Gasteiger partial charge in [0.05, 0.1) is 11.3 Å². The van der Waals surface area contributed by atoms with Gasteiger partial charge in [-0.25, -0.2) is 8.42 Å². The molecule has 1 amide bonds. The van der Waals surface area contributed by atoms with E-state index in [1.807, 2.05) is 0 Å². The van der Waals surface area contributed by atoms with E-state index in [-0.39, 0.29) is 22.8 Å². The van der Waals surface area contributed by atoms with Crippen LogP contribution in [0.3, 0.4) is 0 Å². The van der Waals surface area contributed by atoms with E-state index >= 15 is 0 Å². The van der Waals surface area contributed by atoms with E-state index in [2.05, 4.69) is 17.6 Å². The highest BCUT2D eigenvalue weighted by molar-refractivity contribution is 7.90. The van der Waals surface area contributed by atoms with Gasteiger partial charge in [-0.1, -0.05) is 19.1 Å². The molecular weight excluding hydrogens is 300 g/mol. The predicted molar refractivity (Wildman–Crippen MR) is 86.5 cm³/mol. The summed E-state index contributed by atoms with van der Waals surface area (Å²) in [6.07, 6.45) is 4.27. The van der Waals surface area contributed by atoms with Crippen molar-refractivity contribution in [1.82, 2.24) is 10.6 Å². The predicted octanol–water partition coefficient (Wildman–Crippen LogP) is 1.28. The molecule has 0 unspecified atom stereocenters. The first-order chi connectivity index (χ1) is 10.3. The van der Waals surface area contributed by atoms with E-state index in [4.69, 9.17) is 0 Å². The Morgan fingerprint density at radius 2 is 1.82 bits per heavy atom. The largest absolute Gasteiger partial charge is 0.350 e. The quantitative estimate of drug-likeness (QED) is 0.855. The highest BCUT2D eigenvalue weighted by atomic mass is 32.2. The van der Waals surface area contributed by atoms with Gasteiger partial charge < -0.3 is 10.6 Å². The van der Waals surface area contributed by atoms with Crippen LogP contribution in [0.5, 0.6) is 0 Å². The summed E-state index contributed by atoms with van der Waals surface area (Å²) in [4.78, 5) is 12.6. The van der Waals surface area contributed by atoms with Crippen LogP contribution in [0.2, 0.25) is 0 Å². The second kappa shape index (κ2) is 6.79. The first-order valence-electron chi connectivity index (χ1n) is 7.65. The summed E-state index contributed by atoms with van der Waals surface area (Å²) >= 11 is 0. The molecule has 1 aliphatic heterocycles. The molecule has 1 aliphatic rings. The van der Waals surface area contributed by atoms with Gasteiger partial charge >= 0.3 is 0 Å². The molecule has 0 atom stereocenters. The highest BCUT2D eigenvalue weighted by Gasteiger charge is 2.31. The summed E-state index contributed by atoms with van der Waals surface area (Å²) in [5.41, 5.74) is 0.722. The molecule has 0 bridgehead atoms. The number of carbonyl (C=O) groups excluding carboxylic acids is 1. The summed E-state index contributed by atoms with van der Waals surface area (Å²) in [6.45, 7) is 3.96. The van der Waals surface area contributed by atoms with E-state index < -0.39 is 9.84 Å². The van der Waals surface area contributed by atoms with Crippen molar-refractivity contribution in [2.45, 2.75) is 43.0 Å². The second-order valence-corrected chi connectivity index (χ2v) is 8.04. The first kappa shape index (κ1) is 17.0. The molecule has 1 saturated heterocycles. The molecular formula is C16H24N2O3S. The fourth-order valence-corrected chi connectivity index (χ4v) is 3.48. The topological polar surface area (TPSA) is 75.3 Å². The molecule has 2 N–H and O–H groups in total. The van der Waals surface area contributed by atoms with Crippen LogP contribution in [-0.2, 0) is 21.1 Å². The van der Waals surface area contributed by atoms with Gasteiger partial charge in [-0.2, -0.15) is 0 Å². The minimum Gasteiger partial charge on any atom is -0.350 e. The summed E-state index contributed by atoms with van der Waals surface area (Å²) < 4.78 is 22.8. The van der Waals surface area contributed by atoms with Crippen LogP contribution in [0.4, 0.5) is 0 Å². The van der Waals surface area contributed by atoms with Crippen molar-refractivity contribution in [3.63, 3.8) is 0 Å². The molecule has 6 heteroatoms. The van der Waals surface area contributed by atoms with E-state index in [0.717, 1.165) is 37.9 Å². The molecule has 0 aliphatic carbocycles. The molecule has 0 spiro atoms. The Labute approximate surface area is 132 Å². The van der Waals surface area contributed by atoms with Crippen molar-refractivity contribution >= 4 is 15.7 Å². The van der Waals surface area contributed by atoms with Crippen LogP contribution in [-0.4, -0.2) is 39.2 Å². The summed E-state index contributed by atoms with van der Waals surface area (Å²) in [5, 5.41) is 6.49. The molecule has 5 nitrogen and oxygen atoms in total. The maximum atomic E-state index is 12.3. The lowest BCUT2D eigenvalue weighted by atomic mass is 9.85. The Morgan fingerprint density at radius 3 is 2.32 bits per heavy atom. The molecule has 0 saturated carbocycles. The Hall–Kier alpha value is -1.40. The summed E-state index contributed by atoms with van der Waals surface area (Å²) in [5.74, 6) is -0.00384. The van der Waals surface area contributed by atoms with Crippen molar-refractivity contribution in [1.29, 1.82) is 0 Å². The zero-order valence-electron chi connectivity index (χ0n) is 13.2. The van der Waals surface area contributed by atoms with Crippen LogP contribution in [0.25, 0.3) is 0 Å². The molecule has 1 fully saturated rings. The van der Waals surface area contributed by atoms with E-state index in [1.54, 1.807) is 24.3 Å². The third kappa shape index (κ3) is 4.30. The lowest BCUT2D eigenvalue weighted by Crippen LogP contribution is -2.54. The monoisotopic (exact) mass is 324 g/mol. The van der Waals surface area contributed by atoms with E-state index in [1.165, 1.54) is 6.26 Å². The molecule has 1 aromatic rings. The number of rotatable bonds is 5. The minimum atomic E-state index is -3.19. The van der Waals surface area contributed by atoms with Crippen LogP contribution in [0.15, 0.2) is 29.2 Å². The number of benzene rings is 1. The zero-order chi connectivity index (χ0) is 16.2. The van der Waals surface area contributed by atoms with E-state index in [0.29, 0.717) is 0 Å². The number of sulfone groups is 1. The van der Waals surface area contributed by atoms with Crippen LogP contribution in [0.1, 0.15) is 31.7 Å². The van der Waals surface area contributed by atoms with Crippen molar-refractivity contribution in [2.75, 3.05) is 19.3 Å². The second-order valence-electron chi connectivity index (χ2n) is 6.02. The number of amides is 1. The molecule has 0 radical (unpaired) electrons. The number of hydrogen-bond acceptors (Lipinski definition) is 4. The smallest absolute Gasteiger partial charge is 0.224 e. The van der Waals surface area contributed by atoms with Gasteiger partial charge in [-0.3, -0.25) is 4.79 Å². The minimum absolute atomic E-state index is 0.00384. The van der Waals surface area contributed by atoms with Gasteiger partial charge in [0.25, 0.3) is 0 Å². The van der Waals surface area contributed by atoms with Crippen LogP contribution in [0, 0.1) is 0 Å². The standard InChI is InChI=1S/C16H24N2O3S/c1-3-16(8-10-17-11-9-16)18-15(19)12-13-4-6-14(7-5-13)22(2,20)21/h4-7,17H,3,8-12H2,1-2H3,(H,18,19). The van der Waals surface area contributed by atoms with Crippen LogP contribution >= 0.6 is 0 Å².